The van der Waals surface area contributed by atoms with Crippen LogP contribution in [0.25, 0.3) is 0 Å². The van der Waals surface area contributed by atoms with Crippen molar-refractivity contribution < 1.29 is 9.18 Å². The van der Waals surface area contributed by atoms with Gasteiger partial charge in [0.2, 0.25) is 0 Å². The van der Waals surface area contributed by atoms with E-state index in [2.05, 4.69) is 27.0 Å². The van der Waals surface area contributed by atoms with Gasteiger partial charge in [-0.05, 0) is 60.8 Å². The molecule has 0 aliphatic carbocycles. The fraction of sp³-hybridized carbons (Fsp3) is 0.267. The summed E-state index contributed by atoms with van der Waals surface area (Å²) in [6, 6.07) is 7.54. The highest BCUT2D eigenvalue weighted by Gasteiger charge is 2.15. The van der Waals surface area contributed by atoms with Crippen LogP contribution < -0.4 is 10.6 Å². The molecule has 0 bridgehead atoms. The maximum atomic E-state index is 12.8. The molecule has 1 aromatic heterocycles. The lowest BCUT2D eigenvalue weighted by Crippen LogP contribution is -2.36. The number of rotatable bonds is 5. The van der Waals surface area contributed by atoms with E-state index in [9.17, 15) is 9.18 Å². The topological polar surface area (TPSA) is 44.4 Å². The maximum absolute atomic E-state index is 12.8. The van der Waals surface area contributed by atoms with E-state index >= 15 is 0 Å². The highest BCUT2D eigenvalue weighted by Crippen LogP contribution is 2.20. The van der Waals surface area contributed by atoms with Crippen LogP contribution in [0.4, 0.5) is 14.9 Å². The number of hydrogen-bond acceptors (Lipinski definition) is 3. The first-order chi connectivity index (χ1) is 10.1. The Morgan fingerprint density at radius 3 is 2.57 bits per heavy atom. The lowest BCUT2D eigenvalue weighted by atomic mass is 10.1. The number of amides is 2. The predicted octanol–water partition coefficient (Wildman–Crippen LogP) is 3.31. The van der Waals surface area contributed by atoms with E-state index in [1.165, 1.54) is 29.8 Å². The van der Waals surface area contributed by atoms with Gasteiger partial charge in [0.15, 0.2) is 0 Å². The van der Waals surface area contributed by atoms with Crippen LogP contribution in [0.1, 0.15) is 11.6 Å². The Morgan fingerprint density at radius 2 is 2.00 bits per heavy atom. The average Bonchev–Trinajstić information content (AvgIpc) is 2.95. The summed E-state index contributed by atoms with van der Waals surface area (Å²) < 4.78 is 12.8. The minimum atomic E-state index is -0.328. The fourth-order valence-electron chi connectivity index (χ4n) is 1.96. The third-order valence-corrected chi connectivity index (χ3v) is 3.81. The van der Waals surface area contributed by atoms with Gasteiger partial charge in [-0.3, -0.25) is 0 Å². The largest absolute Gasteiger partial charge is 0.336 e. The van der Waals surface area contributed by atoms with Gasteiger partial charge in [0.25, 0.3) is 0 Å². The molecule has 0 fully saturated rings. The van der Waals surface area contributed by atoms with E-state index in [4.69, 9.17) is 0 Å². The number of urea groups is 1. The zero-order chi connectivity index (χ0) is 15.2. The normalized spacial score (nSPS) is 12.2. The molecule has 6 heteroatoms. The molecule has 2 aromatic rings. The van der Waals surface area contributed by atoms with Gasteiger partial charge < -0.3 is 15.5 Å². The molecule has 2 rings (SSSR count). The lowest BCUT2D eigenvalue weighted by Gasteiger charge is -2.24. The van der Waals surface area contributed by atoms with E-state index < -0.39 is 0 Å². The minimum absolute atomic E-state index is 0.121. The first-order valence-electron chi connectivity index (χ1n) is 6.55. The molecular formula is C15H18FN3OS. The Balaban J connectivity index is 1.89. The van der Waals surface area contributed by atoms with Crippen LogP contribution in [-0.4, -0.2) is 31.6 Å². The highest BCUT2D eigenvalue weighted by molar-refractivity contribution is 7.07. The number of halogens is 1. The van der Waals surface area contributed by atoms with E-state index in [1.807, 2.05) is 19.5 Å². The molecule has 4 nitrogen and oxygen atoms in total. The van der Waals surface area contributed by atoms with Crippen LogP contribution in [0, 0.1) is 5.82 Å². The Hall–Kier alpha value is -1.92. The van der Waals surface area contributed by atoms with Crippen molar-refractivity contribution in [2.75, 3.05) is 26.0 Å². The zero-order valence-electron chi connectivity index (χ0n) is 12.0. The van der Waals surface area contributed by atoms with Crippen molar-refractivity contribution in [3.63, 3.8) is 0 Å². The third kappa shape index (κ3) is 4.54. The van der Waals surface area contributed by atoms with Crippen LogP contribution in [0.3, 0.4) is 0 Å². The molecule has 2 N–H and O–H groups in total. The Labute approximate surface area is 127 Å². The number of thiophene rings is 1. The number of likely N-dealkylation sites (N-methyl/N-ethyl adjacent to an activating group) is 1. The molecule has 0 spiro atoms. The molecule has 0 aliphatic rings. The van der Waals surface area contributed by atoms with E-state index in [0.717, 1.165) is 0 Å². The van der Waals surface area contributed by atoms with Gasteiger partial charge in [-0.15, -0.1) is 0 Å². The number of anilines is 1. The van der Waals surface area contributed by atoms with Gasteiger partial charge in [-0.1, -0.05) is 0 Å². The Bertz CT molecular complexity index is 569. The van der Waals surface area contributed by atoms with Gasteiger partial charge in [0.1, 0.15) is 5.82 Å². The first-order valence-corrected chi connectivity index (χ1v) is 7.49. The van der Waals surface area contributed by atoms with Crippen molar-refractivity contribution >= 4 is 23.1 Å². The van der Waals surface area contributed by atoms with E-state index in [0.29, 0.717) is 12.2 Å². The van der Waals surface area contributed by atoms with Crippen molar-refractivity contribution in [3.05, 3.63) is 52.5 Å². The van der Waals surface area contributed by atoms with E-state index in [-0.39, 0.29) is 17.9 Å². The van der Waals surface area contributed by atoms with E-state index in [1.54, 1.807) is 11.3 Å². The molecule has 1 aromatic carbocycles. The van der Waals surface area contributed by atoms with Crippen molar-refractivity contribution in [2.24, 2.45) is 0 Å². The molecule has 0 radical (unpaired) electrons. The smallest absolute Gasteiger partial charge is 0.319 e. The predicted molar refractivity (Wildman–Crippen MR) is 84.2 cm³/mol. The molecular weight excluding hydrogens is 289 g/mol. The summed E-state index contributed by atoms with van der Waals surface area (Å²) in [5.74, 6) is -0.328. The molecule has 112 valence electrons. The molecule has 0 aliphatic heterocycles. The van der Waals surface area contributed by atoms with Crippen LogP contribution in [0.15, 0.2) is 41.1 Å². The van der Waals surface area contributed by atoms with Crippen molar-refractivity contribution in [1.29, 1.82) is 0 Å². The summed E-state index contributed by atoms with van der Waals surface area (Å²) in [5, 5.41) is 9.60. The number of nitrogens with zero attached hydrogens (tertiary/aromatic N) is 1. The van der Waals surface area contributed by atoms with Crippen molar-refractivity contribution in [3.8, 4) is 0 Å². The molecule has 1 atom stereocenters. The molecule has 0 saturated carbocycles. The summed E-state index contributed by atoms with van der Waals surface area (Å²) in [7, 11) is 3.95. The number of carbonyl (C=O) groups excluding carboxylic acids is 1. The number of nitrogens with one attached hydrogen (secondary N) is 2. The SMILES string of the molecule is CN(C)[C@H](CNC(=O)Nc1ccc(F)cc1)c1ccsc1. The maximum Gasteiger partial charge on any atom is 0.319 e. The summed E-state index contributed by atoms with van der Waals surface area (Å²) in [6.07, 6.45) is 0. The monoisotopic (exact) mass is 307 g/mol. The lowest BCUT2D eigenvalue weighted by molar-refractivity contribution is 0.243. The minimum Gasteiger partial charge on any atom is -0.336 e. The molecule has 2 amide bonds. The second kappa shape index (κ2) is 7.19. The van der Waals surface area contributed by atoms with Gasteiger partial charge in [0, 0.05) is 12.2 Å². The Kier molecular flexibility index (Phi) is 5.30. The van der Waals surface area contributed by atoms with Crippen molar-refractivity contribution in [2.45, 2.75) is 6.04 Å². The summed E-state index contributed by atoms with van der Waals surface area (Å²) in [5.41, 5.74) is 1.73. The molecule has 0 unspecified atom stereocenters. The first kappa shape index (κ1) is 15.5. The molecule has 0 saturated heterocycles. The van der Waals surface area contributed by atoms with Gasteiger partial charge in [-0.25, -0.2) is 9.18 Å². The molecule has 21 heavy (non-hydrogen) atoms. The van der Waals surface area contributed by atoms with Crippen molar-refractivity contribution in [1.82, 2.24) is 10.2 Å². The second-order valence-electron chi connectivity index (χ2n) is 4.88. The standard InChI is InChI=1S/C15H18FN3OS/c1-19(2)14(11-7-8-21-10-11)9-17-15(20)18-13-5-3-12(16)4-6-13/h3-8,10,14H,9H2,1-2H3,(H2,17,18,20)/t14-/m1/s1. The quantitative estimate of drug-likeness (QED) is 0.890. The Morgan fingerprint density at radius 1 is 1.29 bits per heavy atom. The van der Waals surface area contributed by atoms with Crippen LogP contribution in [0.5, 0.6) is 0 Å². The summed E-state index contributed by atoms with van der Waals surface area (Å²) >= 11 is 1.63. The zero-order valence-corrected chi connectivity index (χ0v) is 12.8. The van der Waals surface area contributed by atoms with Crippen LogP contribution in [-0.2, 0) is 0 Å². The summed E-state index contributed by atoms with van der Waals surface area (Å²) in [6.45, 7) is 0.497. The van der Waals surface area contributed by atoms with Gasteiger partial charge >= 0.3 is 6.03 Å². The highest BCUT2D eigenvalue weighted by atomic mass is 32.1. The number of hydrogen-bond donors (Lipinski definition) is 2. The third-order valence-electron chi connectivity index (χ3n) is 3.11. The average molecular weight is 307 g/mol. The van der Waals surface area contributed by atoms with Gasteiger partial charge in [-0.2, -0.15) is 11.3 Å². The van der Waals surface area contributed by atoms with Gasteiger partial charge in [0.05, 0.1) is 6.04 Å². The van der Waals surface area contributed by atoms with Crippen LogP contribution >= 0.6 is 11.3 Å². The number of benzene rings is 1. The molecule has 1 heterocycles. The second-order valence-corrected chi connectivity index (χ2v) is 5.66. The number of carbonyl (C=O) groups is 1. The fourth-order valence-corrected chi connectivity index (χ4v) is 2.67. The van der Waals surface area contributed by atoms with Crippen LogP contribution in [0.2, 0.25) is 0 Å². The summed E-state index contributed by atoms with van der Waals surface area (Å²) in [4.78, 5) is 13.9.